The van der Waals surface area contributed by atoms with Crippen molar-refractivity contribution in [3.05, 3.63) is 119 Å². The topological polar surface area (TPSA) is 48.1 Å². The van der Waals surface area contributed by atoms with Crippen LogP contribution in [0, 0.1) is 27.7 Å². The van der Waals surface area contributed by atoms with E-state index in [2.05, 4.69) is 146 Å². The number of benzene rings is 4. The largest absolute Gasteiger partial charge is 0.379 e. The molecular formula is C30H34N4. The SMILES string of the molecule is Cc1cccc(NCC(Nc2cccc(C)c2)(Nc2cccc(C)c2)Nc2cccc(C)c2)c1. The first-order valence-electron chi connectivity index (χ1n) is 11.7. The molecule has 0 aliphatic carbocycles. The molecule has 0 heterocycles. The molecule has 0 unspecified atom stereocenters. The van der Waals surface area contributed by atoms with Gasteiger partial charge in [-0.2, -0.15) is 0 Å². The van der Waals surface area contributed by atoms with Crippen LogP contribution in [0.15, 0.2) is 97.1 Å². The molecule has 34 heavy (non-hydrogen) atoms. The van der Waals surface area contributed by atoms with Crippen molar-refractivity contribution in [1.82, 2.24) is 0 Å². The molecule has 0 radical (unpaired) electrons. The summed E-state index contributed by atoms with van der Waals surface area (Å²) in [5, 5.41) is 15.0. The van der Waals surface area contributed by atoms with Gasteiger partial charge in [0.05, 0.1) is 6.54 Å². The summed E-state index contributed by atoms with van der Waals surface area (Å²) in [6.07, 6.45) is 0. The van der Waals surface area contributed by atoms with Crippen LogP contribution in [-0.2, 0) is 0 Å². The van der Waals surface area contributed by atoms with E-state index in [1.165, 1.54) is 22.3 Å². The van der Waals surface area contributed by atoms with Crippen LogP contribution in [0.25, 0.3) is 0 Å². The van der Waals surface area contributed by atoms with Crippen LogP contribution in [-0.4, -0.2) is 12.3 Å². The number of hydrogen-bond donors (Lipinski definition) is 4. The molecule has 0 aliphatic heterocycles. The second kappa shape index (κ2) is 10.3. The van der Waals surface area contributed by atoms with Crippen LogP contribution >= 0.6 is 0 Å². The molecule has 0 saturated heterocycles. The molecule has 0 aliphatic rings. The molecule has 4 aromatic carbocycles. The van der Waals surface area contributed by atoms with Crippen molar-refractivity contribution >= 4 is 22.7 Å². The Balaban J connectivity index is 1.75. The third-order valence-corrected chi connectivity index (χ3v) is 5.70. The highest BCUT2D eigenvalue weighted by atomic mass is 15.4. The van der Waals surface area contributed by atoms with Crippen molar-refractivity contribution in [3.8, 4) is 0 Å². The third kappa shape index (κ3) is 6.32. The molecule has 4 rings (SSSR count). The van der Waals surface area contributed by atoms with Gasteiger partial charge in [0.25, 0.3) is 0 Å². The lowest BCUT2D eigenvalue weighted by atomic mass is 10.1. The first-order chi connectivity index (χ1) is 16.4. The van der Waals surface area contributed by atoms with E-state index in [9.17, 15) is 0 Å². The lowest BCUT2D eigenvalue weighted by Crippen LogP contribution is -2.58. The van der Waals surface area contributed by atoms with Crippen molar-refractivity contribution in [3.63, 3.8) is 0 Å². The summed E-state index contributed by atoms with van der Waals surface area (Å²) in [4.78, 5) is 0. The van der Waals surface area contributed by atoms with Crippen molar-refractivity contribution in [2.75, 3.05) is 27.8 Å². The Bertz CT molecular complexity index is 1130. The fraction of sp³-hybridized carbons (Fsp3) is 0.200. The molecule has 0 amide bonds. The van der Waals surface area contributed by atoms with Gasteiger partial charge < -0.3 is 21.3 Å². The third-order valence-electron chi connectivity index (χ3n) is 5.70. The van der Waals surface area contributed by atoms with E-state index in [0.29, 0.717) is 6.54 Å². The molecule has 0 fully saturated rings. The van der Waals surface area contributed by atoms with Crippen molar-refractivity contribution in [2.45, 2.75) is 33.5 Å². The van der Waals surface area contributed by atoms with E-state index in [0.717, 1.165) is 22.7 Å². The molecule has 174 valence electrons. The minimum atomic E-state index is -0.723. The number of nitrogens with one attached hydrogen (secondary N) is 4. The number of hydrogen-bond acceptors (Lipinski definition) is 4. The van der Waals surface area contributed by atoms with Gasteiger partial charge >= 0.3 is 0 Å². The molecule has 0 atom stereocenters. The van der Waals surface area contributed by atoms with Crippen molar-refractivity contribution < 1.29 is 0 Å². The predicted molar refractivity (Wildman–Crippen MR) is 147 cm³/mol. The van der Waals surface area contributed by atoms with E-state index in [1.807, 2.05) is 0 Å². The lowest BCUT2D eigenvalue weighted by Gasteiger charge is -2.39. The minimum Gasteiger partial charge on any atom is -0.379 e. The Kier molecular flexibility index (Phi) is 7.07. The summed E-state index contributed by atoms with van der Waals surface area (Å²) in [6.45, 7) is 9.02. The van der Waals surface area contributed by atoms with Gasteiger partial charge in [0.15, 0.2) is 0 Å². The first kappa shape index (κ1) is 23.2. The van der Waals surface area contributed by atoms with E-state index in [4.69, 9.17) is 0 Å². The summed E-state index contributed by atoms with van der Waals surface area (Å²) >= 11 is 0. The molecule has 0 saturated carbocycles. The molecule has 0 spiro atoms. The average Bonchev–Trinajstić information content (AvgIpc) is 2.78. The van der Waals surface area contributed by atoms with Crippen molar-refractivity contribution in [2.24, 2.45) is 0 Å². The van der Waals surface area contributed by atoms with Crippen LogP contribution in [0.4, 0.5) is 22.7 Å². The smallest absolute Gasteiger partial charge is 0.203 e. The van der Waals surface area contributed by atoms with Gasteiger partial charge in [0, 0.05) is 22.7 Å². The van der Waals surface area contributed by atoms with Gasteiger partial charge in [-0.3, -0.25) is 0 Å². The lowest BCUT2D eigenvalue weighted by molar-refractivity contribution is 0.633. The highest BCUT2D eigenvalue weighted by molar-refractivity contribution is 5.61. The Labute approximate surface area is 203 Å². The Morgan fingerprint density at radius 1 is 0.471 bits per heavy atom. The molecule has 4 nitrogen and oxygen atoms in total. The van der Waals surface area contributed by atoms with Crippen LogP contribution in [0.2, 0.25) is 0 Å². The quantitative estimate of drug-likeness (QED) is 0.202. The van der Waals surface area contributed by atoms with E-state index < -0.39 is 5.79 Å². The van der Waals surface area contributed by atoms with Crippen LogP contribution < -0.4 is 21.3 Å². The van der Waals surface area contributed by atoms with Crippen LogP contribution in [0.1, 0.15) is 22.3 Å². The fourth-order valence-electron chi connectivity index (χ4n) is 4.12. The van der Waals surface area contributed by atoms with Gasteiger partial charge in [-0.1, -0.05) is 48.5 Å². The molecule has 0 aromatic heterocycles. The van der Waals surface area contributed by atoms with Crippen LogP contribution in [0.5, 0.6) is 0 Å². The normalized spacial score (nSPS) is 11.1. The molecular weight excluding hydrogens is 416 g/mol. The van der Waals surface area contributed by atoms with Crippen LogP contribution in [0.3, 0.4) is 0 Å². The second-order valence-electron chi connectivity index (χ2n) is 9.11. The second-order valence-corrected chi connectivity index (χ2v) is 9.11. The maximum Gasteiger partial charge on any atom is 0.203 e. The minimum absolute atomic E-state index is 0.576. The van der Waals surface area contributed by atoms with Gasteiger partial charge in [-0.15, -0.1) is 0 Å². The summed E-state index contributed by atoms with van der Waals surface area (Å²) in [7, 11) is 0. The van der Waals surface area contributed by atoms with Gasteiger partial charge in [0.1, 0.15) is 0 Å². The zero-order valence-corrected chi connectivity index (χ0v) is 20.4. The van der Waals surface area contributed by atoms with E-state index >= 15 is 0 Å². The predicted octanol–water partition coefficient (Wildman–Crippen LogP) is 7.32. The molecule has 4 aromatic rings. The fourth-order valence-corrected chi connectivity index (χ4v) is 4.12. The maximum atomic E-state index is 3.77. The average molecular weight is 451 g/mol. The van der Waals surface area contributed by atoms with Gasteiger partial charge in [-0.25, -0.2) is 0 Å². The van der Waals surface area contributed by atoms with E-state index in [1.54, 1.807) is 0 Å². The Morgan fingerprint density at radius 3 is 1.15 bits per heavy atom. The highest BCUT2D eigenvalue weighted by Crippen LogP contribution is 2.25. The summed E-state index contributed by atoms with van der Waals surface area (Å²) < 4.78 is 0. The Morgan fingerprint density at radius 2 is 0.794 bits per heavy atom. The number of rotatable bonds is 9. The van der Waals surface area contributed by atoms with Gasteiger partial charge in [0.2, 0.25) is 5.79 Å². The standard InChI is InChI=1S/C30H34N4/c1-22-9-5-13-26(17-22)31-21-30(32-27-14-6-10-23(2)18-27,33-28-15-7-11-24(3)19-28)34-29-16-8-12-25(4)20-29/h5-20,31-34H,21H2,1-4H3. The van der Waals surface area contributed by atoms with Crippen molar-refractivity contribution in [1.29, 1.82) is 0 Å². The summed E-state index contributed by atoms with van der Waals surface area (Å²) in [6, 6.07) is 33.8. The zero-order valence-electron chi connectivity index (χ0n) is 20.4. The number of anilines is 4. The molecule has 4 N–H and O–H groups in total. The summed E-state index contributed by atoms with van der Waals surface area (Å²) in [5.74, 6) is -0.723. The first-order valence-corrected chi connectivity index (χ1v) is 11.7. The Hall–Kier alpha value is -3.92. The van der Waals surface area contributed by atoms with Gasteiger partial charge in [-0.05, 0) is 98.5 Å². The molecule has 0 bridgehead atoms. The number of aryl methyl sites for hydroxylation is 4. The van der Waals surface area contributed by atoms with E-state index in [-0.39, 0.29) is 0 Å². The summed E-state index contributed by atoms with van der Waals surface area (Å²) in [5.41, 5.74) is 9.02. The maximum absolute atomic E-state index is 3.77. The highest BCUT2D eigenvalue weighted by Gasteiger charge is 2.30. The monoisotopic (exact) mass is 450 g/mol. The zero-order chi connectivity index (χ0) is 24.0. The molecule has 4 heteroatoms.